The van der Waals surface area contributed by atoms with Gasteiger partial charge in [0.1, 0.15) is 0 Å². The van der Waals surface area contributed by atoms with E-state index in [0.29, 0.717) is 6.54 Å². The summed E-state index contributed by atoms with van der Waals surface area (Å²) in [5.74, 6) is -0.191. The first kappa shape index (κ1) is 16.6. The summed E-state index contributed by atoms with van der Waals surface area (Å²) in [6.07, 6.45) is 4.41. The van der Waals surface area contributed by atoms with E-state index in [-0.39, 0.29) is 24.9 Å². The predicted octanol–water partition coefficient (Wildman–Crippen LogP) is 0.615. The van der Waals surface area contributed by atoms with E-state index in [0.717, 1.165) is 5.56 Å². The Hall–Kier alpha value is -1.47. The molecule has 112 valence electrons. The number of hydrogen-bond acceptors (Lipinski definition) is 4. The van der Waals surface area contributed by atoms with Crippen molar-refractivity contribution >= 4 is 15.9 Å². The molecule has 1 N–H and O–H groups in total. The molecule has 0 saturated carbocycles. The zero-order valence-corrected chi connectivity index (χ0v) is 12.9. The number of carbonyl (C=O) groups is 1. The maximum Gasteiger partial charge on any atom is 0.222 e. The van der Waals surface area contributed by atoms with Crippen LogP contribution in [0, 0.1) is 5.92 Å². The number of aromatic nitrogens is 1. The smallest absolute Gasteiger partial charge is 0.222 e. The van der Waals surface area contributed by atoms with Crippen molar-refractivity contribution in [3.05, 3.63) is 30.1 Å². The number of amides is 1. The van der Waals surface area contributed by atoms with Gasteiger partial charge in [0.15, 0.2) is 0 Å². The number of sulfonamides is 1. The van der Waals surface area contributed by atoms with Crippen molar-refractivity contribution in [1.82, 2.24) is 14.6 Å². The molecule has 6 nitrogen and oxygen atoms in total. The Morgan fingerprint density at radius 1 is 1.35 bits per heavy atom. The summed E-state index contributed by atoms with van der Waals surface area (Å²) in [6, 6.07) is 3.54. The Bertz CT molecular complexity index is 529. The fraction of sp³-hybridized carbons (Fsp3) is 0.538. The Morgan fingerprint density at radius 2 is 1.95 bits per heavy atom. The van der Waals surface area contributed by atoms with Gasteiger partial charge in [-0.15, -0.1) is 0 Å². The lowest BCUT2D eigenvalue weighted by atomic mass is 10.2. The standard InChI is InChI=1S/C13H21N3O3S/c1-11(2)13(17)15-8-9-16(20(3,18)19)10-12-4-6-14-7-5-12/h4-7,11H,8-10H2,1-3H3,(H,15,17). The van der Waals surface area contributed by atoms with Crippen LogP contribution in [0.4, 0.5) is 0 Å². The van der Waals surface area contributed by atoms with Crippen molar-refractivity contribution in [1.29, 1.82) is 0 Å². The lowest BCUT2D eigenvalue weighted by molar-refractivity contribution is -0.123. The molecule has 0 fully saturated rings. The van der Waals surface area contributed by atoms with Crippen LogP contribution >= 0.6 is 0 Å². The second kappa shape index (κ2) is 7.35. The van der Waals surface area contributed by atoms with Gasteiger partial charge >= 0.3 is 0 Å². The number of pyridine rings is 1. The van der Waals surface area contributed by atoms with Crippen LogP contribution in [-0.2, 0) is 21.4 Å². The molecule has 0 aromatic carbocycles. The van der Waals surface area contributed by atoms with Crippen molar-refractivity contribution in [3.8, 4) is 0 Å². The summed E-state index contributed by atoms with van der Waals surface area (Å²) in [7, 11) is -3.32. The van der Waals surface area contributed by atoms with Crippen LogP contribution < -0.4 is 5.32 Å². The van der Waals surface area contributed by atoms with Crippen molar-refractivity contribution in [2.45, 2.75) is 20.4 Å². The van der Waals surface area contributed by atoms with Crippen LogP contribution in [0.2, 0.25) is 0 Å². The molecular formula is C13H21N3O3S. The Morgan fingerprint density at radius 3 is 2.45 bits per heavy atom. The van der Waals surface area contributed by atoms with E-state index in [1.54, 1.807) is 38.4 Å². The third-order valence-corrected chi connectivity index (χ3v) is 4.01. The van der Waals surface area contributed by atoms with Gasteiger partial charge in [0.25, 0.3) is 0 Å². The van der Waals surface area contributed by atoms with Crippen LogP contribution in [0.25, 0.3) is 0 Å². The monoisotopic (exact) mass is 299 g/mol. The quantitative estimate of drug-likeness (QED) is 0.800. The maximum absolute atomic E-state index is 11.7. The van der Waals surface area contributed by atoms with Gasteiger partial charge in [0.2, 0.25) is 15.9 Å². The normalized spacial score (nSPS) is 11.8. The van der Waals surface area contributed by atoms with Gasteiger partial charge < -0.3 is 5.32 Å². The van der Waals surface area contributed by atoms with Crippen molar-refractivity contribution in [2.75, 3.05) is 19.3 Å². The van der Waals surface area contributed by atoms with E-state index in [1.165, 1.54) is 10.6 Å². The SMILES string of the molecule is CC(C)C(=O)NCCN(Cc1ccncc1)S(C)(=O)=O. The van der Waals surface area contributed by atoms with E-state index in [1.807, 2.05) is 0 Å². The lowest BCUT2D eigenvalue weighted by Crippen LogP contribution is -2.38. The van der Waals surface area contributed by atoms with Gasteiger partial charge in [-0.1, -0.05) is 13.8 Å². The van der Waals surface area contributed by atoms with E-state index >= 15 is 0 Å². The summed E-state index contributed by atoms with van der Waals surface area (Å²) in [5, 5.41) is 2.71. The average Bonchev–Trinajstić information content (AvgIpc) is 2.37. The first-order chi connectivity index (χ1) is 9.30. The highest BCUT2D eigenvalue weighted by molar-refractivity contribution is 7.88. The fourth-order valence-corrected chi connectivity index (χ4v) is 2.37. The molecule has 0 unspecified atom stereocenters. The Labute approximate surface area is 120 Å². The summed E-state index contributed by atoms with van der Waals surface area (Å²) in [6.45, 7) is 4.41. The van der Waals surface area contributed by atoms with Gasteiger partial charge in [-0.3, -0.25) is 9.78 Å². The van der Waals surface area contributed by atoms with Gasteiger partial charge in [-0.25, -0.2) is 8.42 Å². The summed E-state index contributed by atoms with van der Waals surface area (Å²) in [5.41, 5.74) is 0.862. The van der Waals surface area contributed by atoms with E-state index < -0.39 is 10.0 Å². The molecule has 0 radical (unpaired) electrons. The Balaban J connectivity index is 2.61. The number of nitrogens with one attached hydrogen (secondary N) is 1. The molecule has 0 aliphatic rings. The van der Waals surface area contributed by atoms with Crippen LogP contribution in [0.1, 0.15) is 19.4 Å². The zero-order chi connectivity index (χ0) is 15.2. The number of hydrogen-bond donors (Lipinski definition) is 1. The largest absolute Gasteiger partial charge is 0.355 e. The van der Waals surface area contributed by atoms with Gasteiger partial charge in [-0.05, 0) is 17.7 Å². The molecule has 1 amide bonds. The first-order valence-corrected chi connectivity index (χ1v) is 8.27. The number of nitrogens with zero attached hydrogens (tertiary/aromatic N) is 2. The van der Waals surface area contributed by atoms with E-state index in [9.17, 15) is 13.2 Å². The van der Waals surface area contributed by atoms with Crippen LogP contribution in [0.5, 0.6) is 0 Å². The van der Waals surface area contributed by atoms with Crippen molar-refractivity contribution < 1.29 is 13.2 Å². The van der Waals surface area contributed by atoms with Crippen LogP contribution in [-0.4, -0.2) is 43.0 Å². The molecule has 0 aliphatic heterocycles. The second-order valence-corrected chi connectivity index (χ2v) is 6.88. The molecule has 1 aromatic rings. The van der Waals surface area contributed by atoms with E-state index in [4.69, 9.17) is 0 Å². The minimum Gasteiger partial charge on any atom is -0.355 e. The minimum absolute atomic E-state index is 0.0811. The number of rotatable bonds is 7. The third kappa shape index (κ3) is 5.66. The molecule has 0 saturated heterocycles. The van der Waals surface area contributed by atoms with Crippen LogP contribution in [0.15, 0.2) is 24.5 Å². The van der Waals surface area contributed by atoms with Gasteiger partial charge in [0, 0.05) is 37.9 Å². The third-order valence-electron chi connectivity index (χ3n) is 2.76. The Kier molecular flexibility index (Phi) is 6.09. The highest BCUT2D eigenvalue weighted by atomic mass is 32.2. The zero-order valence-electron chi connectivity index (χ0n) is 12.0. The molecule has 7 heteroatoms. The molecule has 0 spiro atoms. The highest BCUT2D eigenvalue weighted by Crippen LogP contribution is 2.06. The van der Waals surface area contributed by atoms with Gasteiger partial charge in [0.05, 0.1) is 6.26 Å². The average molecular weight is 299 g/mol. The molecule has 0 aliphatic carbocycles. The van der Waals surface area contributed by atoms with E-state index in [2.05, 4.69) is 10.3 Å². The molecule has 1 aromatic heterocycles. The summed E-state index contributed by atoms with van der Waals surface area (Å²) in [4.78, 5) is 15.3. The van der Waals surface area contributed by atoms with Crippen molar-refractivity contribution in [3.63, 3.8) is 0 Å². The second-order valence-electron chi connectivity index (χ2n) is 4.90. The summed E-state index contributed by atoms with van der Waals surface area (Å²) >= 11 is 0. The molecule has 1 rings (SSSR count). The highest BCUT2D eigenvalue weighted by Gasteiger charge is 2.17. The molecule has 20 heavy (non-hydrogen) atoms. The molecule has 1 heterocycles. The maximum atomic E-state index is 11.7. The molecular weight excluding hydrogens is 278 g/mol. The van der Waals surface area contributed by atoms with Crippen molar-refractivity contribution in [2.24, 2.45) is 5.92 Å². The minimum atomic E-state index is -3.32. The number of carbonyl (C=O) groups excluding carboxylic acids is 1. The molecule has 0 bridgehead atoms. The topological polar surface area (TPSA) is 79.4 Å². The van der Waals surface area contributed by atoms with Gasteiger partial charge in [-0.2, -0.15) is 4.31 Å². The fourth-order valence-electron chi connectivity index (χ4n) is 1.56. The van der Waals surface area contributed by atoms with Crippen LogP contribution in [0.3, 0.4) is 0 Å². The summed E-state index contributed by atoms with van der Waals surface area (Å²) < 4.78 is 24.8. The first-order valence-electron chi connectivity index (χ1n) is 6.42. The predicted molar refractivity (Wildman–Crippen MR) is 77.3 cm³/mol. The molecule has 0 atom stereocenters. The lowest BCUT2D eigenvalue weighted by Gasteiger charge is -2.20.